The van der Waals surface area contributed by atoms with Gasteiger partial charge in [0.25, 0.3) is 17.4 Å². The molecule has 0 saturated heterocycles. The van der Waals surface area contributed by atoms with Crippen molar-refractivity contribution in [1.29, 1.82) is 0 Å². The van der Waals surface area contributed by atoms with Crippen LogP contribution in [0.3, 0.4) is 0 Å². The van der Waals surface area contributed by atoms with Gasteiger partial charge in [-0.1, -0.05) is 48.9 Å². The van der Waals surface area contributed by atoms with Gasteiger partial charge in [-0.05, 0) is 55.2 Å². The van der Waals surface area contributed by atoms with Gasteiger partial charge in [0, 0.05) is 23.1 Å². The summed E-state index contributed by atoms with van der Waals surface area (Å²) >= 11 is 0.937. The van der Waals surface area contributed by atoms with E-state index in [0.29, 0.717) is 17.8 Å². The van der Waals surface area contributed by atoms with E-state index in [1.165, 1.54) is 30.3 Å². The first kappa shape index (κ1) is 24.8. The lowest BCUT2D eigenvalue weighted by molar-refractivity contribution is -0.255. The smallest absolute Gasteiger partial charge is 0.274 e. The van der Waals surface area contributed by atoms with Crippen LogP contribution < -0.4 is 21.3 Å². The first-order valence-electron chi connectivity index (χ1n) is 11.3. The molecule has 184 valence electrons. The minimum atomic E-state index is -1.40. The first-order chi connectivity index (χ1) is 17.2. The molecule has 2 aromatic carbocycles. The number of hydrogen-bond acceptors (Lipinski definition) is 7. The van der Waals surface area contributed by atoms with Gasteiger partial charge in [-0.25, -0.2) is 9.38 Å². The minimum Gasteiger partial charge on any atom is -0.545 e. The number of carbonyl (C=O) groups excluding carboxylic acids is 3. The van der Waals surface area contributed by atoms with E-state index in [0.717, 1.165) is 33.3 Å². The second-order valence-corrected chi connectivity index (χ2v) is 9.23. The topological polar surface area (TPSA) is 133 Å². The van der Waals surface area contributed by atoms with Gasteiger partial charge in [-0.3, -0.25) is 14.4 Å². The van der Waals surface area contributed by atoms with Crippen molar-refractivity contribution in [3.63, 3.8) is 0 Å². The fourth-order valence-corrected chi connectivity index (χ4v) is 4.79. The Morgan fingerprint density at radius 3 is 2.50 bits per heavy atom. The van der Waals surface area contributed by atoms with Gasteiger partial charge in [0.2, 0.25) is 0 Å². The number of benzene rings is 2. The molecule has 2 amide bonds. The van der Waals surface area contributed by atoms with Crippen molar-refractivity contribution in [2.24, 2.45) is 0 Å². The van der Waals surface area contributed by atoms with E-state index in [2.05, 4.69) is 15.6 Å². The predicted molar refractivity (Wildman–Crippen MR) is 136 cm³/mol. The Balaban J connectivity index is 1.82. The Bertz CT molecular complexity index is 1570. The molecule has 36 heavy (non-hydrogen) atoms. The molecular formula is C26H23N4O5S-. The lowest BCUT2D eigenvalue weighted by atomic mass is 10.1. The highest BCUT2D eigenvalue weighted by molar-refractivity contribution is 7.19. The second kappa shape index (κ2) is 10.1. The van der Waals surface area contributed by atoms with Gasteiger partial charge in [-0.2, -0.15) is 0 Å². The molecule has 10 heteroatoms. The van der Waals surface area contributed by atoms with Gasteiger partial charge < -0.3 is 20.5 Å². The largest absolute Gasteiger partial charge is 0.545 e. The van der Waals surface area contributed by atoms with E-state index in [4.69, 9.17) is 0 Å². The molecule has 0 aliphatic carbocycles. The third kappa shape index (κ3) is 4.89. The summed E-state index contributed by atoms with van der Waals surface area (Å²) in [7, 11) is 0. The maximum Gasteiger partial charge on any atom is 0.274 e. The molecular weight excluding hydrogens is 480 g/mol. The van der Waals surface area contributed by atoms with Crippen LogP contribution in [0, 0.1) is 13.8 Å². The van der Waals surface area contributed by atoms with Crippen molar-refractivity contribution in [1.82, 2.24) is 9.38 Å². The average Bonchev–Trinajstić information content (AvgIpc) is 3.23. The van der Waals surface area contributed by atoms with E-state index < -0.39 is 23.3 Å². The number of aromatic nitrogens is 2. The number of thiazole rings is 1. The van der Waals surface area contributed by atoms with E-state index in [-0.39, 0.29) is 26.8 Å². The zero-order valence-corrected chi connectivity index (χ0v) is 20.7. The van der Waals surface area contributed by atoms with Gasteiger partial charge in [0.15, 0.2) is 4.96 Å². The van der Waals surface area contributed by atoms with Crippen LogP contribution >= 0.6 is 11.3 Å². The number of hydrogen-bond donors (Lipinski definition) is 2. The molecule has 2 heterocycles. The zero-order chi connectivity index (χ0) is 26.0. The highest BCUT2D eigenvalue weighted by Gasteiger charge is 2.27. The number of aromatic carboxylic acids is 1. The molecule has 0 radical (unpaired) electrons. The predicted octanol–water partition coefficient (Wildman–Crippen LogP) is 3.19. The standard InChI is InChI=1S/C26H24N4O5S/c1-4-7-17-13-20(31)30-21(23(32)27-18-10-6-9-16(12-18)25(34)35)22(36-26(30)28-17)24(33)29-19-11-5-8-14(2)15(19)3/h5-6,8-13H,4,7H2,1-3H3,(H,27,32)(H,29,33)(H,34,35)/p-1. The van der Waals surface area contributed by atoms with Gasteiger partial charge in [0.1, 0.15) is 10.6 Å². The first-order valence-corrected chi connectivity index (χ1v) is 12.1. The third-order valence-corrected chi connectivity index (χ3v) is 6.75. The Morgan fingerprint density at radius 2 is 1.78 bits per heavy atom. The molecule has 0 unspecified atom stereocenters. The summed E-state index contributed by atoms with van der Waals surface area (Å²) in [6.07, 6.45) is 1.35. The number of nitrogens with zero attached hydrogens (tertiary/aromatic N) is 2. The normalized spacial score (nSPS) is 10.9. The molecule has 9 nitrogen and oxygen atoms in total. The maximum absolute atomic E-state index is 13.4. The monoisotopic (exact) mass is 503 g/mol. The number of anilines is 2. The average molecular weight is 504 g/mol. The Morgan fingerprint density at radius 1 is 1.03 bits per heavy atom. The molecule has 0 spiro atoms. The number of fused-ring (bicyclic) bond motifs is 1. The van der Waals surface area contributed by atoms with Crippen LogP contribution in [0.25, 0.3) is 4.96 Å². The molecule has 2 aromatic heterocycles. The van der Waals surface area contributed by atoms with Crippen molar-refractivity contribution in [3.8, 4) is 0 Å². The van der Waals surface area contributed by atoms with Crippen LogP contribution in [0.1, 0.15) is 60.7 Å². The van der Waals surface area contributed by atoms with Crippen LogP contribution in [0.2, 0.25) is 0 Å². The summed E-state index contributed by atoms with van der Waals surface area (Å²) in [6, 6.07) is 12.3. The van der Waals surface area contributed by atoms with Gasteiger partial charge in [0.05, 0.1) is 5.97 Å². The number of amides is 2. The van der Waals surface area contributed by atoms with Crippen LogP contribution in [0.4, 0.5) is 11.4 Å². The van der Waals surface area contributed by atoms with Gasteiger partial charge >= 0.3 is 0 Å². The van der Waals surface area contributed by atoms with Crippen molar-refractivity contribution in [2.75, 3.05) is 10.6 Å². The Labute approximate surface area is 210 Å². The number of aryl methyl sites for hydroxylation is 2. The maximum atomic E-state index is 13.4. The second-order valence-electron chi connectivity index (χ2n) is 8.26. The summed E-state index contributed by atoms with van der Waals surface area (Å²) in [4.78, 5) is 55.7. The van der Waals surface area contributed by atoms with Crippen LogP contribution in [0.5, 0.6) is 0 Å². The van der Waals surface area contributed by atoms with E-state index in [9.17, 15) is 24.3 Å². The van der Waals surface area contributed by atoms with E-state index >= 15 is 0 Å². The summed E-state index contributed by atoms with van der Waals surface area (Å²) in [5.74, 6) is -2.72. The van der Waals surface area contributed by atoms with Crippen molar-refractivity contribution in [2.45, 2.75) is 33.6 Å². The fourth-order valence-electron chi connectivity index (χ4n) is 3.74. The molecule has 0 bridgehead atoms. The number of carboxylic acid groups (broad SMARTS) is 1. The Hall–Kier alpha value is -4.31. The van der Waals surface area contributed by atoms with Crippen LogP contribution in [-0.2, 0) is 6.42 Å². The molecule has 4 aromatic rings. The van der Waals surface area contributed by atoms with Crippen LogP contribution in [-0.4, -0.2) is 27.2 Å². The van der Waals surface area contributed by atoms with E-state index in [1.54, 1.807) is 6.07 Å². The fraction of sp³-hybridized carbons (Fsp3) is 0.192. The molecule has 4 rings (SSSR count). The molecule has 0 aliphatic rings. The number of carbonyl (C=O) groups is 3. The lowest BCUT2D eigenvalue weighted by Crippen LogP contribution is -2.26. The molecule has 0 atom stereocenters. The summed E-state index contributed by atoms with van der Waals surface area (Å²) < 4.78 is 1.11. The van der Waals surface area contributed by atoms with Gasteiger partial charge in [-0.15, -0.1) is 0 Å². The van der Waals surface area contributed by atoms with Crippen molar-refractivity contribution < 1.29 is 19.5 Å². The zero-order valence-electron chi connectivity index (χ0n) is 19.9. The lowest BCUT2D eigenvalue weighted by Gasteiger charge is -2.11. The highest BCUT2D eigenvalue weighted by atomic mass is 32.1. The Kier molecular flexibility index (Phi) is 6.98. The highest BCUT2D eigenvalue weighted by Crippen LogP contribution is 2.26. The molecule has 2 N–H and O–H groups in total. The van der Waals surface area contributed by atoms with Crippen molar-refractivity contribution in [3.05, 3.63) is 91.8 Å². The molecule has 0 fully saturated rings. The van der Waals surface area contributed by atoms with Crippen LogP contribution in [0.15, 0.2) is 53.3 Å². The van der Waals surface area contributed by atoms with E-state index in [1.807, 2.05) is 32.9 Å². The molecule has 0 saturated carbocycles. The summed E-state index contributed by atoms with van der Waals surface area (Å²) in [6.45, 7) is 5.75. The third-order valence-electron chi connectivity index (χ3n) is 5.71. The molecule has 0 aliphatic heterocycles. The summed E-state index contributed by atoms with van der Waals surface area (Å²) in [5.41, 5.74) is 2.38. The number of carboxylic acids is 1. The SMILES string of the molecule is CCCc1cc(=O)n2c(C(=O)Nc3cccc(C(=O)[O-])c3)c(C(=O)Nc3cccc(C)c3C)sc2n1. The van der Waals surface area contributed by atoms with Crippen molar-refractivity contribution >= 4 is 45.5 Å². The number of rotatable bonds is 7. The number of nitrogens with one attached hydrogen (secondary N) is 2. The minimum absolute atomic E-state index is 0.00251. The quantitative estimate of drug-likeness (QED) is 0.398. The summed E-state index contributed by atoms with van der Waals surface area (Å²) in [5, 5.41) is 16.6.